The number of hydrogen-bond donors (Lipinski definition) is 1. The molecule has 2 amide bonds. The van der Waals surface area contributed by atoms with Crippen molar-refractivity contribution in [1.82, 2.24) is 29.3 Å². The zero-order valence-corrected chi connectivity index (χ0v) is 26.9. The number of nitrogens with one attached hydrogen (secondary N) is 1. The fourth-order valence-corrected chi connectivity index (χ4v) is 6.42. The Hall–Kier alpha value is -4.58. The number of anilines is 3. The van der Waals surface area contributed by atoms with Crippen molar-refractivity contribution in [3.63, 3.8) is 0 Å². The Balaban J connectivity index is 1.08. The summed E-state index contributed by atoms with van der Waals surface area (Å²) in [6.07, 6.45) is 10.6. The van der Waals surface area contributed by atoms with Gasteiger partial charge in [0.25, 0.3) is 5.91 Å². The van der Waals surface area contributed by atoms with Gasteiger partial charge in [-0.1, -0.05) is 40.9 Å². The lowest BCUT2D eigenvalue weighted by Gasteiger charge is -2.35. The summed E-state index contributed by atoms with van der Waals surface area (Å²) in [6.45, 7) is 2.38. The number of carbonyl (C=O) groups excluding carboxylic acids is 3. The Labute approximate surface area is 270 Å². The number of hydrogen-bond acceptors (Lipinski definition) is 8. The van der Waals surface area contributed by atoms with E-state index in [9.17, 15) is 14.4 Å². The lowest BCUT2D eigenvalue weighted by Crippen LogP contribution is -2.48. The zero-order valence-electron chi connectivity index (χ0n) is 25.3. The summed E-state index contributed by atoms with van der Waals surface area (Å²) in [5.74, 6) is 0.589. The maximum absolute atomic E-state index is 13.0. The summed E-state index contributed by atoms with van der Waals surface area (Å²) < 4.78 is 2.79. The number of amides is 2. The molecule has 1 saturated heterocycles. The van der Waals surface area contributed by atoms with Crippen LogP contribution in [-0.2, 0) is 4.79 Å². The number of halogens is 1. The molecular weight excluding hydrogens is 636 g/mol. The predicted octanol–water partition coefficient (Wildman–Crippen LogP) is 5.24. The molecule has 2 aliphatic rings. The molecule has 4 aromatic rings. The molecule has 1 aromatic carbocycles. The van der Waals surface area contributed by atoms with E-state index in [0.717, 1.165) is 42.4 Å². The number of rotatable bonds is 8. The molecule has 0 spiro atoms. The van der Waals surface area contributed by atoms with Gasteiger partial charge in [-0.05, 0) is 49.2 Å². The summed E-state index contributed by atoms with van der Waals surface area (Å²) in [7, 11) is 3.53. The third kappa shape index (κ3) is 6.60. The first kappa shape index (κ1) is 30.4. The zero-order chi connectivity index (χ0) is 31.5. The largest absolute Gasteiger partial charge is 0.367 e. The van der Waals surface area contributed by atoms with Crippen LogP contribution in [-0.4, -0.2) is 87.2 Å². The van der Waals surface area contributed by atoms with Gasteiger partial charge >= 0.3 is 0 Å². The Morgan fingerprint density at radius 2 is 1.71 bits per heavy atom. The molecule has 11 nitrogen and oxygen atoms in total. The Kier molecular flexibility index (Phi) is 8.92. The molecule has 0 radical (unpaired) electrons. The van der Waals surface area contributed by atoms with E-state index in [-0.39, 0.29) is 23.6 Å². The van der Waals surface area contributed by atoms with Crippen LogP contribution in [0.15, 0.2) is 71.5 Å². The van der Waals surface area contributed by atoms with Crippen LogP contribution < -0.4 is 10.2 Å². The Morgan fingerprint density at radius 1 is 0.956 bits per heavy atom. The highest BCUT2D eigenvalue weighted by Crippen LogP contribution is 2.35. The van der Waals surface area contributed by atoms with E-state index >= 15 is 0 Å². The highest BCUT2D eigenvalue weighted by Gasteiger charge is 2.27. The highest BCUT2D eigenvalue weighted by molar-refractivity contribution is 9.10. The fourth-order valence-electron chi connectivity index (χ4n) is 5.94. The maximum atomic E-state index is 13.0. The maximum Gasteiger partial charge on any atom is 0.270 e. The minimum Gasteiger partial charge on any atom is -0.367 e. The number of piperazine rings is 1. The molecule has 1 aliphatic carbocycles. The van der Waals surface area contributed by atoms with Crippen molar-refractivity contribution in [3.8, 4) is 0 Å². The van der Waals surface area contributed by atoms with E-state index in [1.165, 1.54) is 12.2 Å². The minimum atomic E-state index is -0.216. The molecular formula is C33H35BrN8O3. The summed E-state index contributed by atoms with van der Waals surface area (Å²) in [6, 6.07) is 13.1. The third-order valence-electron chi connectivity index (χ3n) is 8.35. The van der Waals surface area contributed by atoms with E-state index in [0.29, 0.717) is 53.7 Å². The summed E-state index contributed by atoms with van der Waals surface area (Å²) >= 11 is 3.38. The van der Waals surface area contributed by atoms with Gasteiger partial charge in [-0.3, -0.25) is 14.4 Å². The number of allylic oxidation sites excluding steroid dienone is 1. The molecule has 1 aliphatic heterocycles. The number of aromatic nitrogens is 4. The van der Waals surface area contributed by atoms with Gasteiger partial charge in [0.05, 0.1) is 11.9 Å². The monoisotopic (exact) mass is 670 g/mol. The van der Waals surface area contributed by atoms with Crippen molar-refractivity contribution in [2.24, 2.45) is 0 Å². The first-order valence-corrected chi connectivity index (χ1v) is 15.9. The number of nitrogens with zero attached hydrogens (tertiary/aromatic N) is 7. The van der Waals surface area contributed by atoms with Crippen LogP contribution in [0.1, 0.15) is 52.6 Å². The summed E-state index contributed by atoms with van der Waals surface area (Å²) in [5.41, 5.74) is 2.86. The van der Waals surface area contributed by atoms with Gasteiger partial charge in [0, 0.05) is 74.0 Å². The standard InChI is InChI=1S/C33H35BrN8O3/c1-39(2)32(45)27-19-22-20-36-33(38-31(22)42(27)23-7-3-4-8-23)37-29-13-11-24(21-35-29)40-15-17-41(18-16-40)30(44)14-12-28(43)25-9-5-6-10-26(25)34/h5-6,9-14,19-21,23H,3-4,7-8,15-18H2,1-2H3,(H,35,36,37,38)/b14-12+. The van der Waals surface area contributed by atoms with E-state index in [1.54, 1.807) is 54.5 Å². The van der Waals surface area contributed by atoms with Gasteiger partial charge in [-0.15, -0.1) is 0 Å². The molecule has 6 rings (SSSR count). The molecule has 45 heavy (non-hydrogen) atoms. The van der Waals surface area contributed by atoms with Crippen LogP contribution in [0.5, 0.6) is 0 Å². The number of ketones is 1. The van der Waals surface area contributed by atoms with Crippen LogP contribution >= 0.6 is 15.9 Å². The van der Waals surface area contributed by atoms with Crippen LogP contribution in [0.2, 0.25) is 0 Å². The average Bonchev–Trinajstić information content (AvgIpc) is 3.72. The van der Waals surface area contributed by atoms with Crippen LogP contribution in [0.4, 0.5) is 17.5 Å². The molecule has 2 fully saturated rings. The van der Waals surface area contributed by atoms with Crippen LogP contribution in [0.25, 0.3) is 11.0 Å². The summed E-state index contributed by atoms with van der Waals surface area (Å²) in [4.78, 5) is 57.6. The van der Waals surface area contributed by atoms with Crippen molar-refractivity contribution < 1.29 is 14.4 Å². The van der Waals surface area contributed by atoms with Gasteiger partial charge in [0.1, 0.15) is 17.2 Å². The van der Waals surface area contributed by atoms with Gasteiger partial charge < -0.3 is 24.6 Å². The number of carbonyl (C=O) groups is 3. The number of pyridine rings is 1. The van der Waals surface area contributed by atoms with Crippen molar-refractivity contribution in [1.29, 1.82) is 0 Å². The Bertz CT molecular complexity index is 1750. The van der Waals surface area contributed by atoms with Crippen LogP contribution in [0, 0.1) is 0 Å². The molecule has 3 aromatic heterocycles. The van der Waals surface area contributed by atoms with E-state index in [1.807, 2.05) is 24.3 Å². The van der Waals surface area contributed by atoms with Crippen molar-refractivity contribution in [2.45, 2.75) is 31.7 Å². The second-order valence-corrected chi connectivity index (χ2v) is 12.4. The van der Waals surface area contributed by atoms with Crippen LogP contribution in [0.3, 0.4) is 0 Å². The molecule has 0 bridgehead atoms. The molecule has 4 heterocycles. The van der Waals surface area contributed by atoms with Gasteiger partial charge in [-0.2, -0.15) is 4.98 Å². The number of benzene rings is 1. The normalized spacial score (nSPS) is 15.6. The molecule has 12 heteroatoms. The third-order valence-corrected chi connectivity index (χ3v) is 9.04. The number of fused-ring (bicyclic) bond motifs is 1. The first-order valence-electron chi connectivity index (χ1n) is 15.1. The van der Waals surface area contributed by atoms with Crippen molar-refractivity contribution >= 4 is 62.0 Å². The molecule has 0 atom stereocenters. The molecule has 1 saturated carbocycles. The van der Waals surface area contributed by atoms with Gasteiger partial charge in [0.15, 0.2) is 5.78 Å². The predicted molar refractivity (Wildman–Crippen MR) is 177 cm³/mol. The van der Waals surface area contributed by atoms with E-state index in [4.69, 9.17) is 4.98 Å². The van der Waals surface area contributed by atoms with Crippen molar-refractivity contribution in [3.05, 3.63) is 82.7 Å². The Morgan fingerprint density at radius 3 is 2.40 bits per heavy atom. The lowest BCUT2D eigenvalue weighted by atomic mass is 10.1. The average molecular weight is 672 g/mol. The van der Waals surface area contributed by atoms with Gasteiger partial charge in [0.2, 0.25) is 11.9 Å². The fraction of sp³-hybridized carbons (Fsp3) is 0.333. The second-order valence-electron chi connectivity index (χ2n) is 11.5. The SMILES string of the molecule is CN(C)C(=O)c1cc2cnc(Nc3ccc(N4CCN(C(=O)/C=C/C(=O)c5ccccc5Br)CC4)cn3)nc2n1C1CCCC1. The topological polar surface area (TPSA) is 117 Å². The first-order chi connectivity index (χ1) is 21.8. The molecule has 1 N–H and O–H groups in total. The molecule has 232 valence electrons. The van der Waals surface area contributed by atoms with E-state index < -0.39 is 0 Å². The van der Waals surface area contributed by atoms with Crippen molar-refractivity contribution in [2.75, 3.05) is 50.5 Å². The molecule has 0 unspecified atom stereocenters. The second kappa shape index (κ2) is 13.2. The van der Waals surface area contributed by atoms with Gasteiger partial charge in [-0.25, -0.2) is 9.97 Å². The highest BCUT2D eigenvalue weighted by atomic mass is 79.9. The lowest BCUT2D eigenvalue weighted by molar-refractivity contribution is -0.126. The smallest absolute Gasteiger partial charge is 0.270 e. The summed E-state index contributed by atoms with van der Waals surface area (Å²) in [5, 5.41) is 4.05. The quantitative estimate of drug-likeness (QED) is 0.200. The van der Waals surface area contributed by atoms with E-state index in [2.05, 4.69) is 40.7 Å². The minimum absolute atomic E-state index is 0.0418.